The lowest BCUT2D eigenvalue weighted by Crippen LogP contribution is -2.22. The molecule has 4 nitrogen and oxygen atoms in total. The first kappa shape index (κ1) is 15.6. The molecule has 0 saturated heterocycles. The predicted molar refractivity (Wildman–Crippen MR) is 89.8 cm³/mol. The Morgan fingerprint density at radius 3 is 2.50 bits per heavy atom. The molecule has 0 unspecified atom stereocenters. The maximum atomic E-state index is 11.6. The van der Waals surface area contributed by atoms with E-state index in [1.54, 1.807) is 11.3 Å². The van der Waals surface area contributed by atoms with E-state index in [2.05, 4.69) is 26.1 Å². The number of benzene rings is 1. The summed E-state index contributed by atoms with van der Waals surface area (Å²) in [5.41, 5.74) is 1.09. The van der Waals surface area contributed by atoms with Crippen molar-refractivity contribution in [3.8, 4) is 10.6 Å². The summed E-state index contributed by atoms with van der Waals surface area (Å²) >= 11 is 5.10. The molecular weight excluding hydrogens is 364 g/mol. The quantitative estimate of drug-likeness (QED) is 0.739. The van der Waals surface area contributed by atoms with Crippen LogP contribution < -0.4 is 0 Å². The third-order valence-corrected chi connectivity index (χ3v) is 5.81. The average Bonchev–Trinajstić information content (AvgIpc) is 3.05. The molecule has 1 fully saturated rings. The molecule has 3 rings (SSSR count). The lowest BCUT2D eigenvalue weighted by atomic mass is 9.82. The van der Waals surface area contributed by atoms with Crippen LogP contribution in [0, 0.1) is 5.92 Å². The second-order valence-corrected chi connectivity index (χ2v) is 7.45. The molecule has 116 valence electrons. The molecule has 0 aliphatic heterocycles. The van der Waals surface area contributed by atoms with Gasteiger partial charge in [0.1, 0.15) is 10.0 Å². The van der Waals surface area contributed by atoms with Gasteiger partial charge in [0.15, 0.2) is 0 Å². The molecule has 1 aromatic heterocycles. The van der Waals surface area contributed by atoms with Crippen molar-refractivity contribution in [3.05, 3.63) is 33.7 Å². The highest BCUT2D eigenvalue weighted by Gasteiger charge is 2.29. The summed E-state index contributed by atoms with van der Waals surface area (Å²) in [6.45, 7) is 0. The first-order chi connectivity index (χ1) is 10.7. The summed E-state index contributed by atoms with van der Waals surface area (Å²) in [6, 6.07) is 8.11. The molecule has 0 bridgehead atoms. The van der Waals surface area contributed by atoms with E-state index >= 15 is 0 Å². The number of nitrogens with zero attached hydrogens (tertiary/aromatic N) is 2. The van der Waals surface area contributed by atoms with E-state index in [-0.39, 0.29) is 11.9 Å². The van der Waals surface area contributed by atoms with Crippen LogP contribution in [0.25, 0.3) is 10.6 Å². The zero-order valence-corrected chi connectivity index (χ0v) is 14.7. The van der Waals surface area contributed by atoms with E-state index in [1.165, 1.54) is 7.11 Å². The molecule has 1 aliphatic rings. The molecule has 0 radical (unpaired) electrons. The number of carbonyl (C=O) groups is 1. The van der Waals surface area contributed by atoms with Crippen molar-refractivity contribution < 1.29 is 9.53 Å². The normalized spacial score (nSPS) is 21.5. The smallest absolute Gasteiger partial charge is 0.308 e. The zero-order chi connectivity index (χ0) is 15.5. The van der Waals surface area contributed by atoms with E-state index in [1.807, 2.05) is 24.3 Å². The molecule has 1 aliphatic carbocycles. The lowest BCUT2D eigenvalue weighted by molar-refractivity contribution is -0.146. The minimum absolute atomic E-state index is 0.0557. The lowest BCUT2D eigenvalue weighted by Gasteiger charge is -2.25. The second-order valence-electron chi connectivity index (χ2n) is 5.52. The standard InChI is InChI=1S/C16H17BrN2O2S/c1-21-16(20)12-4-2-10(3-5-12)14-18-19-15(22-14)11-6-8-13(17)9-7-11/h6-10,12H,2-5H2,1H3/t10-,12-. The molecule has 22 heavy (non-hydrogen) atoms. The van der Waals surface area contributed by atoms with Crippen LogP contribution in [0.3, 0.4) is 0 Å². The van der Waals surface area contributed by atoms with E-state index in [9.17, 15) is 4.79 Å². The van der Waals surface area contributed by atoms with E-state index in [0.29, 0.717) is 5.92 Å². The Morgan fingerprint density at radius 1 is 1.18 bits per heavy atom. The van der Waals surface area contributed by atoms with Gasteiger partial charge < -0.3 is 4.74 Å². The van der Waals surface area contributed by atoms with Crippen molar-refractivity contribution in [3.63, 3.8) is 0 Å². The van der Waals surface area contributed by atoms with E-state index < -0.39 is 0 Å². The molecular formula is C16H17BrN2O2S. The maximum Gasteiger partial charge on any atom is 0.308 e. The van der Waals surface area contributed by atoms with Crippen LogP contribution in [0.5, 0.6) is 0 Å². The largest absolute Gasteiger partial charge is 0.469 e. The number of methoxy groups -OCH3 is 1. The topological polar surface area (TPSA) is 52.1 Å². The van der Waals surface area contributed by atoms with E-state index in [4.69, 9.17) is 4.74 Å². The SMILES string of the molecule is COC(=O)[C@H]1CC[C@H](c2nnc(-c3ccc(Br)cc3)s2)CC1. The monoisotopic (exact) mass is 380 g/mol. The number of aromatic nitrogens is 2. The van der Waals surface area contributed by atoms with Gasteiger partial charge in [-0.1, -0.05) is 39.4 Å². The number of esters is 1. The van der Waals surface area contributed by atoms with Crippen molar-refractivity contribution in [1.29, 1.82) is 0 Å². The molecule has 0 N–H and O–H groups in total. The van der Waals surface area contributed by atoms with Gasteiger partial charge in [-0.25, -0.2) is 0 Å². The fourth-order valence-corrected chi connectivity index (χ4v) is 4.13. The Labute approximate surface area is 142 Å². The highest BCUT2D eigenvalue weighted by Crippen LogP contribution is 2.38. The van der Waals surface area contributed by atoms with Gasteiger partial charge >= 0.3 is 5.97 Å². The molecule has 0 spiro atoms. The second kappa shape index (κ2) is 6.87. The molecule has 6 heteroatoms. The predicted octanol–water partition coefficient (Wildman–Crippen LogP) is 4.41. The summed E-state index contributed by atoms with van der Waals surface area (Å²) in [7, 11) is 1.46. The number of hydrogen-bond donors (Lipinski definition) is 0. The fourth-order valence-electron chi connectivity index (χ4n) is 2.85. The third kappa shape index (κ3) is 3.38. The number of ether oxygens (including phenoxy) is 1. The summed E-state index contributed by atoms with van der Waals surface area (Å²) in [4.78, 5) is 11.6. The summed E-state index contributed by atoms with van der Waals surface area (Å²) in [6.07, 6.45) is 3.72. The van der Waals surface area contributed by atoms with Gasteiger partial charge in [0, 0.05) is 16.0 Å². The number of carbonyl (C=O) groups excluding carboxylic acids is 1. The summed E-state index contributed by atoms with van der Waals surface area (Å²) < 4.78 is 5.89. The molecule has 0 atom stereocenters. The minimum Gasteiger partial charge on any atom is -0.469 e. The molecule has 1 saturated carbocycles. The Hall–Kier alpha value is -1.27. The Morgan fingerprint density at radius 2 is 1.86 bits per heavy atom. The maximum absolute atomic E-state index is 11.6. The number of hydrogen-bond acceptors (Lipinski definition) is 5. The first-order valence-electron chi connectivity index (χ1n) is 7.34. The van der Waals surface area contributed by atoms with Gasteiger partial charge in [-0.2, -0.15) is 0 Å². The summed E-state index contributed by atoms with van der Waals surface area (Å²) in [5.74, 6) is 0.397. The molecule has 2 aromatic rings. The highest BCUT2D eigenvalue weighted by atomic mass is 79.9. The Bertz CT molecular complexity index is 648. The van der Waals surface area contributed by atoms with Crippen molar-refractivity contribution in [2.24, 2.45) is 5.92 Å². The van der Waals surface area contributed by atoms with Crippen LogP contribution in [-0.4, -0.2) is 23.3 Å². The van der Waals surface area contributed by atoms with Crippen LogP contribution >= 0.6 is 27.3 Å². The van der Waals surface area contributed by atoms with Gasteiger partial charge in [0.2, 0.25) is 0 Å². The molecule has 0 amide bonds. The zero-order valence-electron chi connectivity index (χ0n) is 12.3. The van der Waals surface area contributed by atoms with E-state index in [0.717, 1.165) is 45.7 Å². The number of rotatable bonds is 3. The van der Waals surface area contributed by atoms with Gasteiger partial charge in [0.25, 0.3) is 0 Å². The van der Waals surface area contributed by atoms with Gasteiger partial charge in [-0.15, -0.1) is 10.2 Å². The minimum atomic E-state index is -0.0775. The van der Waals surface area contributed by atoms with Crippen molar-refractivity contribution in [2.75, 3.05) is 7.11 Å². The van der Waals surface area contributed by atoms with Gasteiger partial charge in [-0.05, 0) is 37.8 Å². The van der Waals surface area contributed by atoms with Crippen molar-refractivity contribution in [2.45, 2.75) is 31.6 Å². The number of halogens is 1. The average molecular weight is 381 g/mol. The summed E-state index contributed by atoms with van der Waals surface area (Å²) in [5, 5.41) is 10.7. The Balaban J connectivity index is 1.67. The molecule has 1 aromatic carbocycles. The Kier molecular flexibility index (Phi) is 4.88. The van der Waals surface area contributed by atoms with Crippen LogP contribution in [0.1, 0.15) is 36.6 Å². The van der Waals surface area contributed by atoms with Crippen molar-refractivity contribution >= 4 is 33.2 Å². The van der Waals surface area contributed by atoms with Crippen LogP contribution in [-0.2, 0) is 9.53 Å². The van der Waals surface area contributed by atoms with Gasteiger partial charge in [0.05, 0.1) is 13.0 Å². The molecule has 1 heterocycles. The fraction of sp³-hybridized carbons (Fsp3) is 0.438. The van der Waals surface area contributed by atoms with Crippen molar-refractivity contribution in [1.82, 2.24) is 10.2 Å². The highest BCUT2D eigenvalue weighted by molar-refractivity contribution is 9.10. The van der Waals surface area contributed by atoms with Gasteiger partial charge in [-0.3, -0.25) is 4.79 Å². The van der Waals surface area contributed by atoms with Crippen LogP contribution in [0.2, 0.25) is 0 Å². The first-order valence-corrected chi connectivity index (χ1v) is 8.95. The van der Waals surface area contributed by atoms with Crippen LogP contribution in [0.15, 0.2) is 28.7 Å². The third-order valence-electron chi connectivity index (χ3n) is 4.14. The van der Waals surface area contributed by atoms with Crippen LogP contribution in [0.4, 0.5) is 0 Å².